The number of rotatable bonds is 5. The van der Waals surface area contributed by atoms with Gasteiger partial charge in [0, 0.05) is 22.8 Å². The van der Waals surface area contributed by atoms with Crippen LogP contribution in [0.25, 0.3) is 10.9 Å². The maximum Gasteiger partial charge on any atom is 0.159 e. The molecule has 0 aliphatic carbocycles. The van der Waals surface area contributed by atoms with Gasteiger partial charge in [-0.15, -0.1) is 0 Å². The average Bonchev–Trinajstić information content (AvgIpc) is 2.71. The highest BCUT2D eigenvalue weighted by atomic mass is 16.5. The number of aromatic nitrogens is 3. The van der Waals surface area contributed by atoms with Crippen LogP contribution in [0.15, 0.2) is 60.9 Å². The van der Waals surface area contributed by atoms with Gasteiger partial charge < -0.3 is 21.1 Å². The zero-order valence-corrected chi connectivity index (χ0v) is 15.6. The third-order valence-corrected chi connectivity index (χ3v) is 4.33. The minimum Gasteiger partial charge on any atom is -0.497 e. The van der Waals surface area contributed by atoms with Crippen LogP contribution in [-0.2, 0) is 0 Å². The van der Waals surface area contributed by atoms with Gasteiger partial charge in [0.25, 0.3) is 0 Å². The Morgan fingerprint density at radius 2 is 1.71 bits per heavy atom. The first-order chi connectivity index (χ1) is 13.6. The summed E-state index contributed by atoms with van der Waals surface area (Å²) in [6.45, 7) is 1.96. The number of methoxy groups -OCH3 is 1. The molecule has 28 heavy (non-hydrogen) atoms. The number of nitrogen functional groups attached to an aromatic ring is 1. The molecule has 0 aliphatic heterocycles. The van der Waals surface area contributed by atoms with Gasteiger partial charge in [-0.2, -0.15) is 0 Å². The Balaban J connectivity index is 1.67. The lowest BCUT2D eigenvalue weighted by Gasteiger charge is -2.14. The minimum atomic E-state index is 0.412. The zero-order chi connectivity index (χ0) is 19.5. The number of fused-ring (bicyclic) bond motifs is 1. The summed E-state index contributed by atoms with van der Waals surface area (Å²) < 4.78 is 5.25. The van der Waals surface area contributed by atoms with Crippen molar-refractivity contribution in [3.8, 4) is 5.75 Å². The van der Waals surface area contributed by atoms with Crippen LogP contribution in [0.4, 0.5) is 28.7 Å². The zero-order valence-electron chi connectivity index (χ0n) is 15.6. The van der Waals surface area contributed by atoms with Gasteiger partial charge in [-0.3, -0.25) is 4.98 Å². The molecule has 2 aromatic carbocycles. The first kappa shape index (κ1) is 17.5. The van der Waals surface area contributed by atoms with E-state index in [1.54, 1.807) is 7.11 Å². The molecule has 7 heteroatoms. The molecule has 0 saturated heterocycles. The second kappa shape index (κ2) is 7.40. The number of nitrogens with one attached hydrogen (secondary N) is 2. The Hall–Kier alpha value is -3.87. The van der Waals surface area contributed by atoms with Crippen LogP contribution in [0.1, 0.15) is 5.69 Å². The highest BCUT2D eigenvalue weighted by Gasteiger charge is 2.11. The number of anilines is 5. The van der Waals surface area contributed by atoms with E-state index in [-0.39, 0.29) is 0 Å². The molecule has 0 saturated carbocycles. The molecule has 140 valence electrons. The number of ether oxygens (including phenoxy) is 1. The molecule has 0 atom stereocenters. The van der Waals surface area contributed by atoms with Crippen LogP contribution in [-0.4, -0.2) is 22.1 Å². The summed E-state index contributed by atoms with van der Waals surface area (Å²) in [5.41, 5.74) is 10.2. The lowest BCUT2D eigenvalue weighted by atomic mass is 10.1. The van der Waals surface area contributed by atoms with Crippen molar-refractivity contribution in [2.75, 3.05) is 23.5 Å². The summed E-state index contributed by atoms with van der Waals surface area (Å²) in [4.78, 5) is 13.2. The van der Waals surface area contributed by atoms with E-state index in [4.69, 9.17) is 10.5 Å². The minimum absolute atomic E-state index is 0.412. The number of hydrogen-bond acceptors (Lipinski definition) is 7. The van der Waals surface area contributed by atoms with E-state index in [2.05, 4.69) is 25.6 Å². The Bertz CT molecular complexity index is 1140. The topological polar surface area (TPSA) is 98.0 Å². The molecule has 4 N–H and O–H groups in total. The van der Waals surface area contributed by atoms with Crippen molar-refractivity contribution >= 4 is 39.6 Å². The molecule has 0 aliphatic rings. The van der Waals surface area contributed by atoms with Crippen LogP contribution in [0, 0.1) is 6.92 Å². The van der Waals surface area contributed by atoms with Crippen molar-refractivity contribution in [2.45, 2.75) is 6.92 Å². The smallest absolute Gasteiger partial charge is 0.159 e. The molecule has 0 fully saturated rings. The fourth-order valence-electron chi connectivity index (χ4n) is 2.91. The molecular weight excluding hydrogens is 352 g/mol. The number of benzene rings is 2. The number of pyridine rings is 1. The quantitative estimate of drug-likeness (QED) is 0.477. The van der Waals surface area contributed by atoms with Gasteiger partial charge in [-0.05, 0) is 31.2 Å². The number of nitrogens with zero attached hydrogens (tertiary/aromatic N) is 3. The second-order valence-corrected chi connectivity index (χ2v) is 6.30. The van der Waals surface area contributed by atoms with Crippen LogP contribution in [0.2, 0.25) is 0 Å². The average molecular weight is 372 g/mol. The standard InChI is InChI=1S/C21H20N6O/c1-13-9-10-14-5-3-8-17(19(14)25-13)27-21-18(22)20(23-12-24-21)26-15-6-4-7-16(11-15)28-2/h3-12H,22H2,1-2H3,(H2,23,24,26,27). The summed E-state index contributed by atoms with van der Waals surface area (Å²) in [5.74, 6) is 1.76. The first-order valence-electron chi connectivity index (χ1n) is 8.79. The number of para-hydroxylation sites is 1. The molecule has 0 bridgehead atoms. The monoisotopic (exact) mass is 372 g/mol. The molecule has 0 unspecified atom stereocenters. The molecule has 2 heterocycles. The number of aryl methyl sites for hydroxylation is 1. The third kappa shape index (κ3) is 3.50. The first-order valence-corrected chi connectivity index (χ1v) is 8.79. The van der Waals surface area contributed by atoms with Crippen molar-refractivity contribution in [3.63, 3.8) is 0 Å². The largest absolute Gasteiger partial charge is 0.497 e. The van der Waals surface area contributed by atoms with E-state index in [1.807, 2.05) is 61.5 Å². The van der Waals surface area contributed by atoms with Crippen LogP contribution in [0.5, 0.6) is 5.75 Å². The van der Waals surface area contributed by atoms with E-state index in [1.165, 1.54) is 6.33 Å². The fourth-order valence-corrected chi connectivity index (χ4v) is 2.91. The van der Waals surface area contributed by atoms with Gasteiger partial charge in [0.1, 0.15) is 17.8 Å². The van der Waals surface area contributed by atoms with Gasteiger partial charge in [0.2, 0.25) is 0 Å². The lowest BCUT2D eigenvalue weighted by Crippen LogP contribution is -2.05. The lowest BCUT2D eigenvalue weighted by molar-refractivity contribution is 0.415. The van der Waals surface area contributed by atoms with Crippen molar-refractivity contribution < 1.29 is 4.74 Å². The molecule has 4 rings (SSSR count). The molecule has 0 amide bonds. The predicted molar refractivity (Wildman–Crippen MR) is 112 cm³/mol. The van der Waals surface area contributed by atoms with E-state index < -0.39 is 0 Å². The van der Waals surface area contributed by atoms with Gasteiger partial charge in [-0.25, -0.2) is 9.97 Å². The van der Waals surface area contributed by atoms with Crippen molar-refractivity contribution in [1.29, 1.82) is 0 Å². The highest BCUT2D eigenvalue weighted by Crippen LogP contribution is 2.31. The number of nitrogens with two attached hydrogens (primary N) is 1. The third-order valence-electron chi connectivity index (χ3n) is 4.33. The van der Waals surface area contributed by atoms with Crippen molar-refractivity contribution in [1.82, 2.24) is 15.0 Å². The molecule has 0 radical (unpaired) electrons. The van der Waals surface area contributed by atoms with Gasteiger partial charge in [0.05, 0.1) is 18.3 Å². The van der Waals surface area contributed by atoms with E-state index in [0.717, 1.165) is 33.7 Å². The van der Waals surface area contributed by atoms with Crippen molar-refractivity contribution in [3.05, 3.63) is 66.6 Å². The summed E-state index contributed by atoms with van der Waals surface area (Å²) in [7, 11) is 1.63. The molecular formula is C21H20N6O. The van der Waals surface area contributed by atoms with Crippen LogP contribution in [0.3, 0.4) is 0 Å². The summed E-state index contributed by atoms with van der Waals surface area (Å²) in [5, 5.41) is 7.54. The maximum absolute atomic E-state index is 6.32. The van der Waals surface area contributed by atoms with Gasteiger partial charge in [-0.1, -0.05) is 24.3 Å². The van der Waals surface area contributed by atoms with Crippen LogP contribution >= 0.6 is 0 Å². The van der Waals surface area contributed by atoms with E-state index in [9.17, 15) is 0 Å². The Morgan fingerprint density at radius 3 is 2.54 bits per heavy atom. The molecule has 2 aromatic heterocycles. The van der Waals surface area contributed by atoms with Gasteiger partial charge in [0.15, 0.2) is 11.6 Å². The van der Waals surface area contributed by atoms with Crippen LogP contribution < -0.4 is 21.1 Å². The molecule has 7 nitrogen and oxygen atoms in total. The van der Waals surface area contributed by atoms with E-state index in [0.29, 0.717) is 17.3 Å². The summed E-state index contributed by atoms with van der Waals surface area (Å²) >= 11 is 0. The summed E-state index contributed by atoms with van der Waals surface area (Å²) in [6.07, 6.45) is 1.46. The second-order valence-electron chi connectivity index (χ2n) is 6.30. The van der Waals surface area contributed by atoms with Crippen molar-refractivity contribution in [2.24, 2.45) is 0 Å². The Labute approximate surface area is 162 Å². The Morgan fingerprint density at radius 1 is 0.929 bits per heavy atom. The molecule has 0 spiro atoms. The molecule has 4 aromatic rings. The normalized spacial score (nSPS) is 10.6. The predicted octanol–water partition coefficient (Wildman–Crippen LogP) is 4.41. The fraction of sp³-hybridized carbons (Fsp3) is 0.0952. The number of hydrogen-bond donors (Lipinski definition) is 3. The summed E-state index contributed by atoms with van der Waals surface area (Å²) in [6, 6.07) is 17.5. The SMILES string of the molecule is COc1cccc(Nc2ncnc(Nc3cccc4ccc(C)nc34)c2N)c1. The maximum atomic E-state index is 6.32. The Kier molecular flexibility index (Phi) is 4.63. The highest BCUT2D eigenvalue weighted by molar-refractivity contribution is 5.93. The van der Waals surface area contributed by atoms with Gasteiger partial charge >= 0.3 is 0 Å². The van der Waals surface area contributed by atoms with E-state index >= 15 is 0 Å².